The van der Waals surface area contributed by atoms with Gasteiger partial charge in [-0.1, -0.05) is 0 Å². The molecule has 2 rings (SSSR count). The smallest absolute Gasteiger partial charge is 0.258 e. The minimum atomic E-state index is -0.971. The Morgan fingerprint density at radius 2 is 1.73 bits per heavy atom. The molecule has 3 N–H and O–H groups in total. The van der Waals surface area contributed by atoms with Crippen molar-refractivity contribution in [1.29, 1.82) is 0 Å². The van der Waals surface area contributed by atoms with Gasteiger partial charge in [0.05, 0.1) is 5.56 Å². The predicted octanol–water partition coefficient (Wildman–Crippen LogP) is 2.76. The Morgan fingerprint density at radius 3 is 2.36 bits per heavy atom. The largest absolute Gasteiger partial charge is 0.366 e. The third kappa shape index (κ3) is 3.08. The molecule has 0 heterocycles. The molecule has 4 nitrogen and oxygen atoms in total. The highest BCUT2D eigenvalue weighted by molar-refractivity contribution is 6.05. The fraction of sp³-hybridized carbons (Fsp3) is 0.0667. The second-order valence-corrected chi connectivity index (χ2v) is 4.57. The maximum atomic E-state index is 13.7. The van der Waals surface area contributed by atoms with Gasteiger partial charge in [-0.2, -0.15) is 0 Å². The van der Waals surface area contributed by atoms with E-state index in [1.807, 2.05) is 0 Å². The third-order valence-corrected chi connectivity index (χ3v) is 3.05. The van der Waals surface area contributed by atoms with Crippen LogP contribution in [0.4, 0.5) is 18.9 Å². The van der Waals surface area contributed by atoms with Gasteiger partial charge in [-0.05, 0) is 37.3 Å². The topological polar surface area (TPSA) is 72.2 Å². The molecule has 0 aromatic heterocycles. The predicted molar refractivity (Wildman–Crippen MR) is 74.0 cm³/mol. The number of halogens is 3. The quantitative estimate of drug-likeness (QED) is 0.915. The van der Waals surface area contributed by atoms with E-state index in [2.05, 4.69) is 5.32 Å². The lowest BCUT2D eigenvalue weighted by atomic mass is 10.1. The molecule has 0 radical (unpaired) electrons. The Bertz CT molecular complexity index is 776. The summed E-state index contributed by atoms with van der Waals surface area (Å²) < 4.78 is 40.3. The summed E-state index contributed by atoms with van der Waals surface area (Å²) in [7, 11) is 0. The number of hydrogen-bond acceptors (Lipinski definition) is 2. The summed E-state index contributed by atoms with van der Waals surface area (Å²) in [6, 6.07) is 4.47. The lowest BCUT2D eigenvalue weighted by Crippen LogP contribution is -2.17. The molecule has 22 heavy (non-hydrogen) atoms. The van der Waals surface area contributed by atoms with E-state index in [-0.39, 0.29) is 16.8 Å². The number of rotatable bonds is 3. The monoisotopic (exact) mass is 308 g/mol. The number of amides is 2. The van der Waals surface area contributed by atoms with Gasteiger partial charge in [-0.3, -0.25) is 9.59 Å². The van der Waals surface area contributed by atoms with Crippen LogP contribution in [0.2, 0.25) is 0 Å². The third-order valence-electron chi connectivity index (χ3n) is 3.05. The van der Waals surface area contributed by atoms with Crippen LogP contribution in [0.3, 0.4) is 0 Å². The minimum absolute atomic E-state index is 0.0372. The zero-order chi connectivity index (χ0) is 16.4. The first-order valence-electron chi connectivity index (χ1n) is 6.16. The SMILES string of the molecule is Cc1c(F)cc(C(N)=O)cc1NC(=O)c1cc(F)ccc1F. The summed E-state index contributed by atoms with van der Waals surface area (Å²) >= 11 is 0. The molecule has 0 bridgehead atoms. The Balaban J connectivity index is 2.40. The van der Waals surface area contributed by atoms with Gasteiger partial charge in [0.25, 0.3) is 5.91 Å². The summed E-state index contributed by atoms with van der Waals surface area (Å²) in [4.78, 5) is 23.1. The molecule has 0 unspecified atom stereocenters. The van der Waals surface area contributed by atoms with Crippen molar-refractivity contribution in [3.8, 4) is 0 Å². The summed E-state index contributed by atoms with van der Waals surface area (Å²) in [5.74, 6) is -4.33. The highest BCUT2D eigenvalue weighted by Gasteiger charge is 2.16. The molecule has 7 heteroatoms. The fourth-order valence-electron chi connectivity index (χ4n) is 1.81. The highest BCUT2D eigenvalue weighted by atomic mass is 19.1. The zero-order valence-electron chi connectivity index (χ0n) is 11.4. The van der Waals surface area contributed by atoms with E-state index >= 15 is 0 Å². The average molecular weight is 308 g/mol. The number of hydrogen-bond donors (Lipinski definition) is 2. The molecule has 0 aliphatic carbocycles. The van der Waals surface area contributed by atoms with Crippen LogP contribution in [-0.4, -0.2) is 11.8 Å². The van der Waals surface area contributed by atoms with Gasteiger partial charge in [0.15, 0.2) is 0 Å². The first-order chi connectivity index (χ1) is 10.3. The van der Waals surface area contributed by atoms with E-state index in [4.69, 9.17) is 5.73 Å². The molecular weight excluding hydrogens is 297 g/mol. The van der Waals surface area contributed by atoms with Crippen molar-refractivity contribution in [2.24, 2.45) is 5.73 Å². The van der Waals surface area contributed by atoms with Gasteiger partial charge in [0.1, 0.15) is 17.5 Å². The second kappa shape index (κ2) is 5.88. The normalized spacial score (nSPS) is 10.4. The number of anilines is 1. The van der Waals surface area contributed by atoms with Crippen LogP contribution in [0, 0.1) is 24.4 Å². The van der Waals surface area contributed by atoms with Gasteiger partial charge in [0, 0.05) is 16.8 Å². The number of nitrogens with two attached hydrogens (primary N) is 1. The summed E-state index contributed by atoms with van der Waals surface area (Å²) in [6.45, 7) is 1.36. The molecule has 2 aromatic rings. The zero-order valence-corrected chi connectivity index (χ0v) is 11.4. The van der Waals surface area contributed by atoms with Gasteiger partial charge in [-0.25, -0.2) is 13.2 Å². The van der Waals surface area contributed by atoms with Gasteiger partial charge in [0.2, 0.25) is 5.91 Å². The molecule has 0 spiro atoms. The maximum absolute atomic E-state index is 13.7. The lowest BCUT2D eigenvalue weighted by molar-refractivity contribution is 0.0995. The standard InChI is InChI=1S/C15H11F3N2O2/c1-7-12(18)4-8(14(19)21)5-13(7)20-15(22)10-6-9(16)2-3-11(10)17/h2-6H,1H3,(H2,19,21)(H,20,22). The van der Waals surface area contributed by atoms with E-state index in [0.717, 1.165) is 24.3 Å². The van der Waals surface area contributed by atoms with E-state index in [9.17, 15) is 22.8 Å². The van der Waals surface area contributed by atoms with Crippen LogP contribution in [0.15, 0.2) is 30.3 Å². The number of carbonyl (C=O) groups excluding carboxylic acids is 2. The first-order valence-corrected chi connectivity index (χ1v) is 6.16. The molecule has 0 saturated carbocycles. The van der Waals surface area contributed by atoms with Crippen molar-refractivity contribution in [1.82, 2.24) is 0 Å². The van der Waals surface area contributed by atoms with E-state index in [1.165, 1.54) is 6.92 Å². The first kappa shape index (κ1) is 15.6. The highest BCUT2D eigenvalue weighted by Crippen LogP contribution is 2.22. The Labute approximate surface area is 123 Å². The van der Waals surface area contributed by atoms with Crippen molar-refractivity contribution in [3.05, 3.63) is 64.5 Å². The molecule has 0 atom stereocenters. The number of carbonyl (C=O) groups is 2. The molecule has 0 fully saturated rings. The lowest BCUT2D eigenvalue weighted by Gasteiger charge is -2.11. The summed E-state index contributed by atoms with van der Waals surface area (Å²) in [5, 5.41) is 2.24. The number of benzene rings is 2. The Hall–Kier alpha value is -2.83. The van der Waals surface area contributed by atoms with E-state index in [0.29, 0.717) is 6.07 Å². The molecule has 0 saturated heterocycles. The fourth-order valence-corrected chi connectivity index (χ4v) is 1.81. The van der Waals surface area contributed by atoms with Crippen LogP contribution >= 0.6 is 0 Å². The molecule has 114 valence electrons. The van der Waals surface area contributed by atoms with Crippen LogP contribution in [0.1, 0.15) is 26.3 Å². The summed E-state index contributed by atoms with van der Waals surface area (Å²) in [5.41, 5.74) is 4.35. The minimum Gasteiger partial charge on any atom is -0.366 e. The van der Waals surface area contributed by atoms with Crippen molar-refractivity contribution < 1.29 is 22.8 Å². The van der Waals surface area contributed by atoms with Crippen molar-refractivity contribution in [2.45, 2.75) is 6.92 Å². The van der Waals surface area contributed by atoms with E-state index in [1.54, 1.807) is 0 Å². The number of primary amides is 1. The van der Waals surface area contributed by atoms with Gasteiger partial charge < -0.3 is 11.1 Å². The van der Waals surface area contributed by atoms with Crippen LogP contribution in [0.5, 0.6) is 0 Å². The van der Waals surface area contributed by atoms with Crippen LogP contribution in [0.25, 0.3) is 0 Å². The number of nitrogens with one attached hydrogen (secondary N) is 1. The maximum Gasteiger partial charge on any atom is 0.258 e. The van der Waals surface area contributed by atoms with Crippen molar-refractivity contribution in [3.63, 3.8) is 0 Å². The Morgan fingerprint density at radius 1 is 1.05 bits per heavy atom. The molecular formula is C15H11F3N2O2. The Kier molecular flexibility index (Phi) is 4.16. The molecule has 2 aromatic carbocycles. The van der Waals surface area contributed by atoms with Crippen LogP contribution < -0.4 is 11.1 Å². The molecule has 0 aliphatic heterocycles. The second-order valence-electron chi connectivity index (χ2n) is 4.57. The molecule has 2 amide bonds. The van der Waals surface area contributed by atoms with E-state index < -0.39 is 34.8 Å². The summed E-state index contributed by atoms with van der Waals surface area (Å²) in [6.07, 6.45) is 0. The van der Waals surface area contributed by atoms with Crippen LogP contribution in [-0.2, 0) is 0 Å². The van der Waals surface area contributed by atoms with Gasteiger partial charge >= 0.3 is 0 Å². The molecule has 0 aliphatic rings. The van der Waals surface area contributed by atoms with Crippen molar-refractivity contribution in [2.75, 3.05) is 5.32 Å². The average Bonchev–Trinajstić information content (AvgIpc) is 2.45. The van der Waals surface area contributed by atoms with Crippen molar-refractivity contribution >= 4 is 17.5 Å². The van der Waals surface area contributed by atoms with Gasteiger partial charge in [-0.15, -0.1) is 0 Å².